The van der Waals surface area contributed by atoms with Gasteiger partial charge in [0.1, 0.15) is 0 Å². The van der Waals surface area contributed by atoms with Crippen molar-refractivity contribution in [3.8, 4) is 0 Å². The molecule has 1 aromatic heterocycles. The Bertz CT molecular complexity index is 756. The van der Waals surface area contributed by atoms with Crippen LogP contribution in [0.3, 0.4) is 0 Å². The highest BCUT2D eigenvalue weighted by atomic mass is 16.5. The number of benzene rings is 1. The molecule has 2 aliphatic heterocycles. The fourth-order valence-corrected chi connectivity index (χ4v) is 2.99. The predicted octanol–water partition coefficient (Wildman–Crippen LogP) is 1.78. The number of carbonyl (C=O) groups excluding carboxylic acids is 1. The zero-order valence-corrected chi connectivity index (χ0v) is 13.0. The van der Waals surface area contributed by atoms with Gasteiger partial charge in [-0.05, 0) is 24.6 Å². The molecule has 0 aliphatic carbocycles. The van der Waals surface area contributed by atoms with Crippen LogP contribution in [0.25, 0.3) is 0 Å². The van der Waals surface area contributed by atoms with Crippen LogP contribution in [-0.2, 0) is 11.3 Å². The summed E-state index contributed by atoms with van der Waals surface area (Å²) in [6, 6.07) is 7.95. The van der Waals surface area contributed by atoms with Gasteiger partial charge in [-0.25, -0.2) is 9.97 Å². The molecule has 1 fully saturated rings. The van der Waals surface area contributed by atoms with Gasteiger partial charge in [0.2, 0.25) is 5.95 Å². The minimum Gasteiger partial charge on any atom is -0.378 e. The second kappa shape index (κ2) is 5.62. The van der Waals surface area contributed by atoms with Gasteiger partial charge in [0.05, 0.1) is 31.0 Å². The summed E-state index contributed by atoms with van der Waals surface area (Å²) in [4.78, 5) is 25.5. The van der Waals surface area contributed by atoms with Crippen LogP contribution in [0.5, 0.6) is 0 Å². The lowest BCUT2D eigenvalue weighted by Gasteiger charge is -2.26. The molecule has 23 heavy (non-hydrogen) atoms. The molecule has 1 aromatic carbocycles. The highest BCUT2D eigenvalue weighted by Crippen LogP contribution is 2.28. The second-order valence-electron chi connectivity index (χ2n) is 5.86. The molecule has 0 unspecified atom stereocenters. The van der Waals surface area contributed by atoms with E-state index in [1.54, 1.807) is 11.1 Å². The van der Waals surface area contributed by atoms with Gasteiger partial charge in [0, 0.05) is 25.0 Å². The first-order valence-corrected chi connectivity index (χ1v) is 7.79. The normalized spacial score (nSPS) is 17.5. The van der Waals surface area contributed by atoms with Gasteiger partial charge in [0.25, 0.3) is 5.91 Å². The van der Waals surface area contributed by atoms with E-state index in [-0.39, 0.29) is 5.91 Å². The number of nitrogens with zero attached hydrogens (tertiary/aromatic N) is 4. The molecule has 0 spiro atoms. The quantitative estimate of drug-likeness (QED) is 0.846. The number of hydrogen-bond donors (Lipinski definition) is 0. The molecule has 4 rings (SSSR count). The average molecular weight is 310 g/mol. The van der Waals surface area contributed by atoms with Gasteiger partial charge < -0.3 is 14.5 Å². The Balaban J connectivity index is 1.63. The molecular formula is C17H18N4O2. The van der Waals surface area contributed by atoms with Crippen molar-refractivity contribution >= 4 is 17.5 Å². The van der Waals surface area contributed by atoms with Gasteiger partial charge in [0.15, 0.2) is 0 Å². The number of hydrogen-bond acceptors (Lipinski definition) is 5. The molecule has 2 aliphatic rings. The largest absolute Gasteiger partial charge is 0.378 e. The number of ether oxygens (including phenoxy) is 1. The van der Waals surface area contributed by atoms with E-state index in [2.05, 4.69) is 14.9 Å². The zero-order valence-electron chi connectivity index (χ0n) is 13.0. The maximum Gasteiger partial charge on any atom is 0.262 e. The van der Waals surface area contributed by atoms with Crippen LogP contribution in [0.4, 0.5) is 11.6 Å². The Morgan fingerprint density at radius 2 is 2.04 bits per heavy atom. The lowest BCUT2D eigenvalue weighted by molar-refractivity contribution is 0.0996. The lowest BCUT2D eigenvalue weighted by atomic mass is 10.2. The van der Waals surface area contributed by atoms with E-state index in [1.165, 1.54) is 0 Å². The van der Waals surface area contributed by atoms with Crippen LogP contribution in [0, 0.1) is 6.92 Å². The van der Waals surface area contributed by atoms with Crippen molar-refractivity contribution in [3.05, 3.63) is 47.3 Å². The fraction of sp³-hybridized carbons (Fsp3) is 0.353. The Hall–Kier alpha value is -2.47. The maximum absolute atomic E-state index is 12.6. The number of rotatable bonds is 2. The maximum atomic E-state index is 12.6. The molecule has 0 radical (unpaired) electrons. The van der Waals surface area contributed by atoms with Crippen molar-refractivity contribution in [2.24, 2.45) is 0 Å². The van der Waals surface area contributed by atoms with Gasteiger partial charge in [-0.2, -0.15) is 0 Å². The number of aryl methyl sites for hydroxylation is 1. The van der Waals surface area contributed by atoms with Crippen LogP contribution in [0.1, 0.15) is 21.6 Å². The Kier molecular flexibility index (Phi) is 3.46. The third kappa shape index (κ3) is 2.55. The van der Waals surface area contributed by atoms with Crippen LogP contribution in [0.15, 0.2) is 30.5 Å². The Morgan fingerprint density at radius 1 is 1.22 bits per heavy atom. The number of amides is 1. The summed E-state index contributed by atoms with van der Waals surface area (Å²) in [6.45, 7) is 5.47. The van der Waals surface area contributed by atoms with E-state index >= 15 is 0 Å². The number of morpholine rings is 1. The molecule has 118 valence electrons. The van der Waals surface area contributed by atoms with E-state index < -0.39 is 0 Å². The summed E-state index contributed by atoms with van der Waals surface area (Å²) in [7, 11) is 0. The number of aromatic nitrogens is 2. The summed E-state index contributed by atoms with van der Waals surface area (Å²) >= 11 is 0. The molecular weight excluding hydrogens is 292 g/mol. The topological polar surface area (TPSA) is 58.6 Å². The molecule has 6 heteroatoms. The summed E-state index contributed by atoms with van der Waals surface area (Å²) < 4.78 is 5.36. The molecule has 6 nitrogen and oxygen atoms in total. The highest BCUT2D eigenvalue weighted by Gasteiger charge is 2.31. The third-order valence-corrected chi connectivity index (χ3v) is 4.25. The first-order valence-electron chi connectivity index (χ1n) is 7.79. The second-order valence-corrected chi connectivity index (χ2v) is 5.86. The minimum absolute atomic E-state index is 0.0286. The highest BCUT2D eigenvalue weighted by molar-refractivity contribution is 6.09. The molecule has 0 atom stereocenters. The fourth-order valence-electron chi connectivity index (χ4n) is 2.99. The molecule has 1 saturated heterocycles. The summed E-state index contributed by atoms with van der Waals surface area (Å²) in [6.07, 6.45) is 1.66. The zero-order chi connectivity index (χ0) is 15.8. The van der Waals surface area contributed by atoms with E-state index in [1.807, 2.05) is 31.2 Å². The number of fused-ring (bicyclic) bond motifs is 1. The minimum atomic E-state index is -0.0286. The van der Waals surface area contributed by atoms with E-state index in [4.69, 9.17) is 4.74 Å². The van der Waals surface area contributed by atoms with Crippen molar-refractivity contribution < 1.29 is 9.53 Å². The van der Waals surface area contributed by atoms with Crippen LogP contribution in [-0.4, -0.2) is 42.2 Å². The van der Waals surface area contributed by atoms with Gasteiger partial charge in [-0.15, -0.1) is 0 Å². The van der Waals surface area contributed by atoms with Crippen molar-refractivity contribution in [3.63, 3.8) is 0 Å². The van der Waals surface area contributed by atoms with Crippen molar-refractivity contribution in [2.45, 2.75) is 13.5 Å². The first-order chi connectivity index (χ1) is 11.2. The molecule has 1 amide bonds. The molecule has 2 aromatic rings. The van der Waals surface area contributed by atoms with Gasteiger partial charge >= 0.3 is 0 Å². The monoisotopic (exact) mass is 310 g/mol. The van der Waals surface area contributed by atoms with E-state index in [0.717, 1.165) is 30.0 Å². The van der Waals surface area contributed by atoms with E-state index in [9.17, 15) is 4.79 Å². The lowest BCUT2D eigenvalue weighted by Crippen LogP contribution is -2.37. The summed E-state index contributed by atoms with van der Waals surface area (Å²) in [5.41, 5.74) is 3.43. The van der Waals surface area contributed by atoms with Crippen LogP contribution >= 0.6 is 0 Å². The molecule has 0 saturated carbocycles. The average Bonchev–Trinajstić information content (AvgIpc) is 2.92. The third-order valence-electron chi connectivity index (χ3n) is 4.25. The number of anilines is 2. The smallest absolute Gasteiger partial charge is 0.262 e. The predicted molar refractivity (Wildman–Crippen MR) is 86.8 cm³/mol. The molecule has 0 bridgehead atoms. The van der Waals surface area contributed by atoms with Crippen molar-refractivity contribution in [1.29, 1.82) is 0 Å². The van der Waals surface area contributed by atoms with Crippen LogP contribution < -0.4 is 9.80 Å². The van der Waals surface area contributed by atoms with Crippen molar-refractivity contribution in [1.82, 2.24) is 9.97 Å². The standard InChI is InChI=1S/C17H18N4O2/c1-12-3-2-4-13(9-12)21-11-15-14(16(21)22)10-18-17(19-15)20-5-7-23-8-6-20/h2-4,9-10H,5-8,11H2,1H3. The van der Waals surface area contributed by atoms with Crippen molar-refractivity contribution in [2.75, 3.05) is 36.1 Å². The van der Waals surface area contributed by atoms with Gasteiger partial charge in [-0.3, -0.25) is 4.79 Å². The summed E-state index contributed by atoms with van der Waals surface area (Å²) in [5.74, 6) is 0.657. The van der Waals surface area contributed by atoms with E-state index in [0.29, 0.717) is 31.3 Å². The first kappa shape index (κ1) is 14.1. The number of carbonyl (C=O) groups is 1. The van der Waals surface area contributed by atoms with Crippen LogP contribution in [0.2, 0.25) is 0 Å². The SMILES string of the molecule is Cc1cccc(N2Cc3nc(N4CCOCC4)ncc3C2=O)c1. The Labute approximate surface area is 134 Å². The Morgan fingerprint density at radius 3 is 2.83 bits per heavy atom. The summed E-state index contributed by atoms with van der Waals surface area (Å²) in [5, 5.41) is 0. The van der Waals surface area contributed by atoms with Gasteiger partial charge in [-0.1, -0.05) is 12.1 Å². The molecule has 0 N–H and O–H groups in total. The molecule has 3 heterocycles.